The van der Waals surface area contributed by atoms with Gasteiger partial charge in [-0.3, -0.25) is 9.59 Å². The van der Waals surface area contributed by atoms with Gasteiger partial charge in [0, 0.05) is 5.39 Å². The minimum absolute atomic E-state index is 0.0375. The smallest absolute Gasteiger partial charge is 0.323 e. The molecule has 0 amide bonds. The molecule has 1 atom stereocenters. The second-order valence-corrected chi connectivity index (χ2v) is 7.58. The highest BCUT2D eigenvalue weighted by Gasteiger charge is 2.20. The van der Waals surface area contributed by atoms with Gasteiger partial charge in [0.25, 0.3) is 0 Å². The van der Waals surface area contributed by atoms with Gasteiger partial charge in [-0.05, 0) is 42.7 Å². The Kier molecular flexibility index (Phi) is 5.63. The molecule has 0 spiro atoms. The molecule has 0 aliphatic rings. The number of hydrogen-bond donors (Lipinski definition) is 2. The predicted octanol–water partition coefficient (Wildman–Crippen LogP) is 3.78. The number of ether oxygens (including phenoxy) is 1. The van der Waals surface area contributed by atoms with Crippen molar-refractivity contribution >= 4 is 39.4 Å². The monoisotopic (exact) mass is 403 g/mol. The second kappa shape index (κ2) is 7.81. The minimum Gasteiger partial charge on any atom is -0.487 e. The van der Waals surface area contributed by atoms with Crippen molar-refractivity contribution in [2.45, 2.75) is 39.3 Å². The molecule has 3 rings (SSSR count). The third-order valence-corrected chi connectivity index (χ3v) is 4.88. The Balaban J connectivity index is 2.47. The van der Waals surface area contributed by atoms with Crippen LogP contribution in [0.4, 0.5) is 0 Å². The van der Waals surface area contributed by atoms with Gasteiger partial charge in [-0.1, -0.05) is 31.5 Å². The number of aromatic nitrogens is 1. The first-order valence-corrected chi connectivity index (χ1v) is 9.39. The molecule has 1 heterocycles. The Morgan fingerprint density at radius 1 is 1.18 bits per heavy atom. The van der Waals surface area contributed by atoms with E-state index in [0.29, 0.717) is 21.8 Å². The topological polar surface area (TPSA) is 88.8 Å². The van der Waals surface area contributed by atoms with E-state index in [1.165, 1.54) is 0 Å². The van der Waals surface area contributed by atoms with Crippen molar-refractivity contribution in [2.24, 2.45) is 0 Å². The highest BCUT2D eigenvalue weighted by molar-refractivity contribution is 6.33. The van der Waals surface area contributed by atoms with Crippen LogP contribution in [0.5, 0.6) is 5.75 Å². The highest BCUT2D eigenvalue weighted by Crippen LogP contribution is 2.35. The summed E-state index contributed by atoms with van der Waals surface area (Å²) < 4.78 is 7.23. The molecule has 2 N–H and O–H groups in total. The molecule has 1 aromatic heterocycles. The Labute approximate surface area is 166 Å². The quantitative estimate of drug-likeness (QED) is 0.611. The van der Waals surface area contributed by atoms with E-state index in [-0.39, 0.29) is 35.3 Å². The van der Waals surface area contributed by atoms with Crippen molar-refractivity contribution in [1.82, 2.24) is 4.57 Å². The van der Waals surface area contributed by atoms with Gasteiger partial charge in [0.2, 0.25) is 0 Å². The van der Waals surface area contributed by atoms with E-state index < -0.39 is 12.1 Å². The number of aliphatic carboxylic acids is 1. The minimum atomic E-state index is -1.05. The molecule has 2 aromatic carbocycles. The maximum absolute atomic E-state index is 13.1. The average Bonchev–Trinajstić information content (AvgIpc) is 2.63. The normalized spacial score (nSPS) is 12.6. The third-order valence-electron chi connectivity index (χ3n) is 4.58. The van der Waals surface area contributed by atoms with Crippen LogP contribution in [0, 0.1) is 0 Å². The number of hydrogen-bond acceptors (Lipinski definition) is 4. The van der Waals surface area contributed by atoms with Crippen LogP contribution >= 0.6 is 11.6 Å². The first-order valence-electron chi connectivity index (χ1n) is 9.02. The molecule has 0 aliphatic heterocycles. The fraction of sp³-hybridized carbons (Fsp3) is 0.333. The molecule has 6 nitrogen and oxygen atoms in total. The second-order valence-electron chi connectivity index (χ2n) is 7.17. The predicted molar refractivity (Wildman–Crippen MR) is 110 cm³/mol. The first-order chi connectivity index (χ1) is 13.2. The zero-order chi connectivity index (χ0) is 20.6. The Morgan fingerprint density at radius 2 is 1.86 bits per heavy atom. The standard InChI is InChI=1S/C21H22ClNO5/c1-11(2)13-4-5-14-17(8-13)23(9-18(25)26)19-15(20(14)27)6-7-16(22)21(19)28-10-12(3)24/h4-8,11-12,24H,9-10H2,1-3H3,(H,25,26)/t12-/m1/s1. The highest BCUT2D eigenvalue weighted by atomic mass is 35.5. The van der Waals surface area contributed by atoms with E-state index in [9.17, 15) is 19.8 Å². The molecule has 0 saturated carbocycles. The number of carbonyl (C=O) groups is 1. The zero-order valence-corrected chi connectivity index (χ0v) is 16.7. The van der Waals surface area contributed by atoms with E-state index >= 15 is 0 Å². The van der Waals surface area contributed by atoms with Crippen LogP contribution in [0.15, 0.2) is 35.1 Å². The van der Waals surface area contributed by atoms with Crippen molar-refractivity contribution in [2.75, 3.05) is 6.61 Å². The van der Waals surface area contributed by atoms with Gasteiger partial charge >= 0.3 is 5.97 Å². The summed E-state index contributed by atoms with van der Waals surface area (Å²) in [7, 11) is 0. The van der Waals surface area contributed by atoms with Gasteiger partial charge in [0.1, 0.15) is 13.2 Å². The molecule has 3 aromatic rings. The molecule has 0 radical (unpaired) electrons. The summed E-state index contributed by atoms with van der Waals surface area (Å²) >= 11 is 6.31. The van der Waals surface area contributed by atoms with Crippen molar-refractivity contribution in [1.29, 1.82) is 0 Å². The van der Waals surface area contributed by atoms with E-state index in [1.807, 2.05) is 26.0 Å². The first kappa shape index (κ1) is 20.2. The van der Waals surface area contributed by atoms with Crippen LogP contribution in [-0.4, -0.2) is 33.5 Å². The fourth-order valence-electron chi connectivity index (χ4n) is 3.23. The maximum Gasteiger partial charge on any atom is 0.323 e. The number of nitrogens with zero attached hydrogens (tertiary/aromatic N) is 1. The lowest BCUT2D eigenvalue weighted by molar-refractivity contribution is -0.137. The maximum atomic E-state index is 13.1. The zero-order valence-electron chi connectivity index (χ0n) is 15.9. The molecule has 148 valence electrons. The number of carboxylic acids is 1. The van der Waals surface area contributed by atoms with E-state index in [2.05, 4.69) is 0 Å². The average molecular weight is 404 g/mol. The van der Waals surface area contributed by atoms with Gasteiger partial charge < -0.3 is 19.5 Å². The summed E-state index contributed by atoms with van der Waals surface area (Å²) in [5.41, 5.74) is 1.59. The van der Waals surface area contributed by atoms with E-state index in [0.717, 1.165) is 5.56 Å². The summed E-state index contributed by atoms with van der Waals surface area (Å²) in [5, 5.41) is 20.1. The summed E-state index contributed by atoms with van der Waals surface area (Å²) in [6, 6.07) is 8.57. The lowest BCUT2D eigenvalue weighted by Crippen LogP contribution is -2.19. The Morgan fingerprint density at radius 3 is 2.46 bits per heavy atom. The molecule has 0 saturated heterocycles. The largest absolute Gasteiger partial charge is 0.487 e. The third kappa shape index (κ3) is 3.70. The van der Waals surface area contributed by atoms with Crippen molar-refractivity contribution < 1.29 is 19.7 Å². The molecule has 7 heteroatoms. The molecular weight excluding hydrogens is 382 g/mol. The van der Waals surface area contributed by atoms with Gasteiger partial charge in [0.15, 0.2) is 11.2 Å². The Bertz CT molecular complexity index is 1120. The molecule has 0 unspecified atom stereocenters. The van der Waals surface area contributed by atoms with Gasteiger partial charge in [-0.25, -0.2) is 0 Å². The van der Waals surface area contributed by atoms with Gasteiger partial charge in [0.05, 0.1) is 27.5 Å². The molecule has 0 bridgehead atoms. The number of aliphatic hydroxyl groups is 1. The lowest BCUT2D eigenvalue weighted by Gasteiger charge is -2.19. The van der Waals surface area contributed by atoms with Gasteiger partial charge in [-0.15, -0.1) is 0 Å². The summed E-state index contributed by atoms with van der Waals surface area (Å²) in [6.07, 6.45) is -0.751. The van der Waals surface area contributed by atoms with Crippen LogP contribution in [0.25, 0.3) is 21.8 Å². The van der Waals surface area contributed by atoms with Gasteiger partial charge in [-0.2, -0.15) is 0 Å². The number of rotatable bonds is 6. The number of halogens is 1. The van der Waals surface area contributed by atoms with Crippen LogP contribution in [0.3, 0.4) is 0 Å². The van der Waals surface area contributed by atoms with Crippen molar-refractivity contribution in [3.05, 3.63) is 51.1 Å². The number of benzene rings is 2. The van der Waals surface area contributed by atoms with Crippen LogP contribution in [0.2, 0.25) is 5.02 Å². The van der Waals surface area contributed by atoms with Crippen LogP contribution in [0.1, 0.15) is 32.3 Å². The summed E-state index contributed by atoms with van der Waals surface area (Å²) in [4.78, 5) is 24.7. The molecule has 28 heavy (non-hydrogen) atoms. The van der Waals surface area contributed by atoms with Crippen LogP contribution < -0.4 is 10.2 Å². The number of fused-ring (bicyclic) bond motifs is 2. The van der Waals surface area contributed by atoms with Crippen molar-refractivity contribution in [3.63, 3.8) is 0 Å². The molecule has 0 fully saturated rings. The number of carboxylic acid groups (broad SMARTS) is 1. The molecule has 0 aliphatic carbocycles. The van der Waals surface area contributed by atoms with E-state index in [4.69, 9.17) is 16.3 Å². The van der Waals surface area contributed by atoms with E-state index in [1.54, 1.807) is 29.7 Å². The number of pyridine rings is 1. The Hall–Kier alpha value is -2.57. The number of aliphatic hydroxyl groups excluding tert-OH is 1. The SMILES string of the molecule is CC(C)c1ccc2c(=O)c3ccc(Cl)c(OC[C@@H](C)O)c3n(CC(=O)O)c2c1. The summed E-state index contributed by atoms with van der Waals surface area (Å²) in [5.74, 6) is -0.656. The summed E-state index contributed by atoms with van der Waals surface area (Å²) in [6.45, 7) is 5.21. The fourth-order valence-corrected chi connectivity index (χ4v) is 3.43. The lowest BCUT2D eigenvalue weighted by atomic mass is 10.00. The van der Waals surface area contributed by atoms with Crippen LogP contribution in [-0.2, 0) is 11.3 Å². The molecular formula is C21H22ClNO5. The van der Waals surface area contributed by atoms with Crippen molar-refractivity contribution in [3.8, 4) is 5.75 Å².